The molecule has 0 fully saturated rings. The number of nitrogens with zero attached hydrogens (tertiary/aromatic N) is 3. The van der Waals surface area contributed by atoms with Crippen LogP contribution in [0.4, 0.5) is 5.13 Å². The third-order valence-electron chi connectivity index (χ3n) is 5.38. The summed E-state index contributed by atoms with van der Waals surface area (Å²) in [6, 6.07) is 10.5. The van der Waals surface area contributed by atoms with E-state index in [4.69, 9.17) is 0 Å². The van der Waals surface area contributed by atoms with Crippen molar-refractivity contribution < 1.29 is 14.7 Å². The van der Waals surface area contributed by atoms with Gasteiger partial charge in [-0.1, -0.05) is 58.1 Å². The lowest BCUT2D eigenvalue weighted by Gasteiger charge is -2.26. The molecule has 0 spiro atoms. The number of hydrogen-bond donors (Lipinski definition) is 1. The first-order valence-electron chi connectivity index (χ1n) is 10.2. The molecule has 3 aromatic rings. The first-order valence-corrected chi connectivity index (χ1v) is 11.0. The Morgan fingerprint density at radius 2 is 1.94 bits per heavy atom. The van der Waals surface area contributed by atoms with E-state index in [0.717, 1.165) is 10.2 Å². The number of aliphatic hydroxyl groups excluding tert-OH is 1. The number of amides is 1. The van der Waals surface area contributed by atoms with Gasteiger partial charge in [0, 0.05) is 11.6 Å². The fourth-order valence-electron chi connectivity index (χ4n) is 3.65. The van der Waals surface area contributed by atoms with Crippen LogP contribution in [-0.4, -0.2) is 26.8 Å². The Kier molecular flexibility index (Phi) is 5.17. The van der Waals surface area contributed by atoms with Gasteiger partial charge in [0.1, 0.15) is 6.04 Å². The number of carbonyl (C=O) groups is 2. The first kappa shape index (κ1) is 21.2. The molecule has 4 rings (SSSR count). The van der Waals surface area contributed by atoms with Crippen LogP contribution >= 0.6 is 11.3 Å². The Morgan fingerprint density at radius 1 is 1.19 bits per heavy atom. The number of aliphatic hydroxyl groups is 1. The predicted molar refractivity (Wildman–Crippen MR) is 122 cm³/mol. The van der Waals surface area contributed by atoms with E-state index in [1.807, 2.05) is 12.1 Å². The zero-order valence-corrected chi connectivity index (χ0v) is 19.0. The average molecular weight is 436 g/mol. The Balaban J connectivity index is 1.88. The molecule has 0 radical (unpaired) electrons. The van der Waals surface area contributed by atoms with Crippen LogP contribution in [0.3, 0.4) is 0 Å². The molecule has 31 heavy (non-hydrogen) atoms. The minimum atomic E-state index is -0.828. The van der Waals surface area contributed by atoms with Gasteiger partial charge in [-0.25, -0.2) is 4.98 Å². The molecule has 1 atom stereocenters. The molecule has 2 aromatic heterocycles. The van der Waals surface area contributed by atoms with E-state index in [9.17, 15) is 14.7 Å². The zero-order chi connectivity index (χ0) is 22.5. The second-order valence-electron chi connectivity index (χ2n) is 9.05. The molecule has 6 nitrogen and oxygen atoms in total. The van der Waals surface area contributed by atoms with E-state index >= 15 is 0 Å². The van der Waals surface area contributed by atoms with Gasteiger partial charge in [-0.05, 0) is 35.7 Å². The highest BCUT2D eigenvalue weighted by atomic mass is 32.1. The van der Waals surface area contributed by atoms with Gasteiger partial charge in [0.05, 0.1) is 21.5 Å². The molecule has 1 amide bonds. The molecule has 1 unspecified atom stereocenters. The summed E-state index contributed by atoms with van der Waals surface area (Å²) >= 11 is 1.37. The highest BCUT2D eigenvalue weighted by molar-refractivity contribution is 7.22. The monoisotopic (exact) mass is 435 g/mol. The van der Waals surface area contributed by atoms with Crippen molar-refractivity contribution in [2.75, 3.05) is 4.90 Å². The third-order valence-corrected chi connectivity index (χ3v) is 6.39. The maximum absolute atomic E-state index is 13.2. The van der Waals surface area contributed by atoms with Crippen molar-refractivity contribution in [2.45, 2.75) is 46.6 Å². The van der Waals surface area contributed by atoms with Crippen LogP contribution in [0.1, 0.15) is 57.8 Å². The summed E-state index contributed by atoms with van der Waals surface area (Å²) in [5.41, 5.74) is 1.76. The molecule has 0 bridgehead atoms. The third kappa shape index (κ3) is 3.63. The van der Waals surface area contributed by atoms with Crippen molar-refractivity contribution in [3.63, 3.8) is 0 Å². The molecule has 1 aliphatic rings. The SMILES string of the molecule is CC(C)c1ccc2nc(N3C(=O)C(O)=C(C(=O)C(C)(C)C)C3c3ccccn3)sc2c1. The van der Waals surface area contributed by atoms with Crippen LogP contribution in [0.15, 0.2) is 53.9 Å². The van der Waals surface area contributed by atoms with E-state index in [-0.39, 0.29) is 11.4 Å². The van der Waals surface area contributed by atoms with E-state index in [0.29, 0.717) is 16.7 Å². The maximum atomic E-state index is 13.2. The summed E-state index contributed by atoms with van der Waals surface area (Å²) in [7, 11) is 0. The number of anilines is 1. The van der Waals surface area contributed by atoms with Crippen molar-refractivity contribution in [2.24, 2.45) is 5.41 Å². The van der Waals surface area contributed by atoms with Gasteiger partial charge in [-0.3, -0.25) is 19.5 Å². The molecular formula is C24H25N3O3S. The average Bonchev–Trinajstić information content (AvgIpc) is 3.25. The fraction of sp³-hybridized carbons (Fsp3) is 0.333. The van der Waals surface area contributed by atoms with Crippen molar-refractivity contribution in [3.05, 3.63) is 65.2 Å². The molecule has 160 valence electrons. The van der Waals surface area contributed by atoms with Crippen LogP contribution in [-0.2, 0) is 9.59 Å². The number of ketones is 1. The second-order valence-corrected chi connectivity index (χ2v) is 10.1. The summed E-state index contributed by atoms with van der Waals surface area (Å²) in [6.45, 7) is 9.54. The summed E-state index contributed by atoms with van der Waals surface area (Å²) in [5, 5.41) is 11.2. The molecule has 1 aromatic carbocycles. The normalized spacial score (nSPS) is 17.3. The zero-order valence-electron chi connectivity index (χ0n) is 18.2. The molecule has 0 saturated heterocycles. The topological polar surface area (TPSA) is 83.4 Å². The summed E-state index contributed by atoms with van der Waals surface area (Å²) in [5.74, 6) is -1.09. The van der Waals surface area contributed by atoms with Crippen LogP contribution in [0.5, 0.6) is 0 Å². The van der Waals surface area contributed by atoms with E-state index in [2.05, 4.69) is 29.9 Å². The Hall–Kier alpha value is -3.06. The molecule has 0 saturated carbocycles. The Labute approximate surface area is 185 Å². The van der Waals surface area contributed by atoms with E-state index < -0.39 is 23.1 Å². The smallest absolute Gasteiger partial charge is 0.296 e. The molecule has 1 N–H and O–H groups in total. The quantitative estimate of drug-likeness (QED) is 0.599. The molecule has 3 heterocycles. The van der Waals surface area contributed by atoms with Crippen LogP contribution in [0, 0.1) is 5.41 Å². The lowest BCUT2D eigenvalue weighted by Crippen LogP contribution is -2.33. The number of pyridine rings is 1. The minimum absolute atomic E-state index is 0.0679. The fourth-order valence-corrected chi connectivity index (χ4v) is 4.69. The second kappa shape index (κ2) is 7.57. The summed E-state index contributed by atoms with van der Waals surface area (Å²) < 4.78 is 0.948. The van der Waals surface area contributed by atoms with E-state index in [1.165, 1.54) is 21.8 Å². The molecule has 0 aliphatic carbocycles. The predicted octanol–water partition coefficient (Wildman–Crippen LogP) is 5.33. The van der Waals surface area contributed by atoms with Gasteiger partial charge < -0.3 is 5.11 Å². The van der Waals surface area contributed by atoms with Gasteiger partial charge >= 0.3 is 0 Å². The van der Waals surface area contributed by atoms with Crippen molar-refractivity contribution in [1.29, 1.82) is 0 Å². The van der Waals surface area contributed by atoms with Gasteiger partial charge in [0.2, 0.25) is 0 Å². The first-order chi connectivity index (χ1) is 14.6. The largest absolute Gasteiger partial charge is 0.503 e. The minimum Gasteiger partial charge on any atom is -0.503 e. The number of benzene rings is 1. The number of fused-ring (bicyclic) bond motifs is 1. The standard InChI is InChI=1S/C24H25N3O3S/c1-13(2)14-9-10-15-17(12-14)31-23(26-15)27-19(16-8-6-7-11-25-16)18(20(28)22(27)30)21(29)24(3,4)5/h6-13,19,28H,1-5H3. The number of carbonyl (C=O) groups excluding carboxylic acids is 2. The van der Waals surface area contributed by atoms with E-state index in [1.54, 1.807) is 45.2 Å². The highest BCUT2D eigenvalue weighted by Gasteiger charge is 2.48. The molecule has 7 heteroatoms. The molecule has 1 aliphatic heterocycles. The van der Waals surface area contributed by atoms with Crippen LogP contribution in [0.25, 0.3) is 10.2 Å². The van der Waals surface area contributed by atoms with Gasteiger partial charge in [-0.15, -0.1) is 0 Å². The number of aromatic nitrogens is 2. The van der Waals surface area contributed by atoms with Gasteiger partial charge in [0.25, 0.3) is 5.91 Å². The van der Waals surface area contributed by atoms with Crippen LogP contribution in [0.2, 0.25) is 0 Å². The lowest BCUT2D eigenvalue weighted by atomic mass is 9.83. The maximum Gasteiger partial charge on any atom is 0.296 e. The van der Waals surface area contributed by atoms with Crippen molar-refractivity contribution in [3.8, 4) is 0 Å². The lowest BCUT2D eigenvalue weighted by molar-refractivity contribution is -0.123. The van der Waals surface area contributed by atoms with Gasteiger partial charge in [0.15, 0.2) is 16.7 Å². The Morgan fingerprint density at radius 3 is 2.55 bits per heavy atom. The highest BCUT2D eigenvalue weighted by Crippen LogP contribution is 2.44. The van der Waals surface area contributed by atoms with Crippen molar-refractivity contribution >= 4 is 38.4 Å². The summed E-state index contributed by atoms with van der Waals surface area (Å²) in [6.07, 6.45) is 1.61. The number of rotatable bonds is 4. The number of hydrogen-bond acceptors (Lipinski definition) is 6. The van der Waals surface area contributed by atoms with Gasteiger partial charge in [-0.2, -0.15) is 0 Å². The molecular weight excluding hydrogens is 410 g/mol. The number of Topliss-reactive ketones (excluding diaryl/α,β-unsaturated/α-hetero) is 1. The Bertz CT molecular complexity index is 1210. The number of thiazole rings is 1. The summed E-state index contributed by atoms with van der Waals surface area (Å²) in [4.78, 5) is 36.9. The van der Waals surface area contributed by atoms with Crippen LogP contribution < -0.4 is 4.90 Å². The van der Waals surface area contributed by atoms with Crippen molar-refractivity contribution in [1.82, 2.24) is 9.97 Å².